The number of sulfonamides is 1. The van der Waals surface area contributed by atoms with E-state index in [1.807, 2.05) is 12.1 Å². The molecule has 1 saturated heterocycles. The highest BCUT2D eigenvalue weighted by molar-refractivity contribution is 7.97. The van der Waals surface area contributed by atoms with Gasteiger partial charge in [0.05, 0.1) is 6.04 Å². The summed E-state index contributed by atoms with van der Waals surface area (Å²) in [5.74, 6) is -0.0413. The SMILES string of the molecule is O=C(c1ccc(-c2cncnc2)cc1)N1CCC(N[S+](=O)([O-])c2cccs2)CC1. The lowest BCUT2D eigenvalue weighted by Gasteiger charge is -2.32. The van der Waals surface area contributed by atoms with Gasteiger partial charge in [-0.3, -0.25) is 4.79 Å². The van der Waals surface area contributed by atoms with E-state index in [2.05, 4.69) is 14.7 Å². The molecule has 0 aliphatic carbocycles. The topological polar surface area (TPSA) is 98.2 Å². The number of thiophene rings is 1. The van der Waals surface area contributed by atoms with Crippen LogP contribution in [0.4, 0.5) is 0 Å². The van der Waals surface area contributed by atoms with E-state index in [4.69, 9.17) is 0 Å². The van der Waals surface area contributed by atoms with Crippen molar-refractivity contribution in [2.45, 2.75) is 23.1 Å². The van der Waals surface area contributed by atoms with Crippen LogP contribution in [0.3, 0.4) is 0 Å². The Bertz CT molecular complexity index is 1000. The summed E-state index contributed by atoms with van der Waals surface area (Å²) in [4.78, 5) is 22.6. The molecule has 7 nitrogen and oxygen atoms in total. The number of amides is 1. The third kappa shape index (κ3) is 4.59. The molecule has 1 atom stereocenters. The van der Waals surface area contributed by atoms with Crippen molar-refractivity contribution < 1.29 is 13.6 Å². The lowest BCUT2D eigenvalue weighted by Crippen LogP contribution is -2.48. The highest BCUT2D eigenvalue weighted by Crippen LogP contribution is 2.23. The molecule has 0 saturated carbocycles. The minimum absolute atomic E-state index is 0.0413. The van der Waals surface area contributed by atoms with E-state index in [1.54, 1.807) is 46.9 Å². The van der Waals surface area contributed by atoms with Gasteiger partial charge in [0, 0.05) is 42.7 Å². The summed E-state index contributed by atoms with van der Waals surface area (Å²) in [6.45, 7) is 1.04. The summed E-state index contributed by atoms with van der Waals surface area (Å²) in [5, 5.41) is 1.74. The molecule has 0 spiro atoms. The fraction of sp³-hybridized carbons (Fsp3) is 0.250. The highest BCUT2D eigenvalue weighted by Gasteiger charge is 2.30. The van der Waals surface area contributed by atoms with Gasteiger partial charge in [0.1, 0.15) is 6.33 Å². The van der Waals surface area contributed by atoms with Crippen molar-refractivity contribution in [3.05, 3.63) is 66.1 Å². The zero-order chi connectivity index (χ0) is 20.3. The van der Waals surface area contributed by atoms with E-state index in [9.17, 15) is 13.6 Å². The Kier molecular flexibility index (Phi) is 5.81. The van der Waals surface area contributed by atoms with Crippen LogP contribution >= 0.6 is 11.3 Å². The van der Waals surface area contributed by atoms with Crippen molar-refractivity contribution in [2.75, 3.05) is 13.1 Å². The van der Waals surface area contributed by atoms with E-state index in [0.29, 0.717) is 35.7 Å². The molecule has 1 aromatic carbocycles. The number of carbonyl (C=O) groups excluding carboxylic acids is 1. The van der Waals surface area contributed by atoms with Crippen LogP contribution in [0, 0.1) is 0 Å². The maximum Gasteiger partial charge on any atom is 0.253 e. The van der Waals surface area contributed by atoms with Crippen LogP contribution in [0.25, 0.3) is 11.1 Å². The minimum Gasteiger partial charge on any atom is -0.592 e. The molecular weight excluding hydrogens is 408 g/mol. The number of nitrogens with one attached hydrogen (secondary N) is 1. The highest BCUT2D eigenvalue weighted by atomic mass is 32.3. The Morgan fingerprint density at radius 3 is 2.41 bits per heavy atom. The first kappa shape index (κ1) is 19.8. The molecule has 29 heavy (non-hydrogen) atoms. The smallest absolute Gasteiger partial charge is 0.253 e. The Labute approximate surface area is 174 Å². The molecule has 1 fully saturated rings. The number of likely N-dealkylation sites (tertiary alicyclic amines) is 1. The van der Waals surface area contributed by atoms with Gasteiger partial charge in [-0.15, -0.1) is 4.72 Å². The zero-order valence-electron chi connectivity index (χ0n) is 15.6. The molecule has 4 rings (SSSR count). The molecule has 3 heterocycles. The molecule has 9 heteroatoms. The fourth-order valence-electron chi connectivity index (χ4n) is 3.33. The molecule has 1 amide bonds. The van der Waals surface area contributed by atoms with E-state index >= 15 is 0 Å². The molecule has 1 aliphatic heterocycles. The summed E-state index contributed by atoms with van der Waals surface area (Å²) in [6.07, 6.45) is 6.12. The lowest BCUT2D eigenvalue weighted by atomic mass is 10.0. The molecule has 0 radical (unpaired) electrons. The van der Waals surface area contributed by atoms with E-state index in [1.165, 1.54) is 17.7 Å². The van der Waals surface area contributed by atoms with Crippen LogP contribution in [0.1, 0.15) is 23.2 Å². The number of hydrogen-bond donors (Lipinski definition) is 1. The van der Waals surface area contributed by atoms with Crippen molar-refractivity contribution in [2.24, 2.45) is 0 Å². The summed E-state index contributed by atoms with van der Waals surface area (Å²) in [7, 11) is -3.48. The first-order valence-electron chi connectivity index (χ1n) is 9.23. The second-order valence-electron chi connectivity index (χ2n) is 6.82. The quantitative estimate of drug-likeness (QED) is 0.630. The fourth-order valence-corrected chi connectivity index (χ4v) is 5.64. The van der Waals surface area contributed by atoms with Gasteiger partial charge >= 0.3 is 0 Å². The van der Waals surface area contributed by atoms with Crippen LogP contribution in [-0.2, 0) is 14.6 Å². The Morgan fingerprint density at radius 2 is 1.79 bits per heavy atom. The van der Waals surface area contributed by atoms with E-state index in [-0.39, 0.29) is 11.9 Å². The lowest BCUT2D eigenvalue weighted by molar-refractivity contribution is 0.0711. The summed E-state index contributed by atoms with van der Waals surface area (Å²) in [5.41, 5.74) is 2.46. The van der Waals surface area contributed by atoms with Crippen LogP contribution in [0.15, 0.2) is 64.7 Å². The number of benzene rings is 1. The molecule has 2 aromatic heterocycles. The molecule has 3 aromatic rings. The number of hydrogen-bond acceptors (Lipinski definition) is 6. The van der Waals surface area contributed by atoms with Gasteiger partial charge in [0.15, 0.2) is 10.4 Å². The van der Waals surface area contributed by atoms with E-state index in [0.717, 1.165) is 11.1 Å². The third-order valence-corrected chi connectivity index (χ3v) is 7.81. The molecule has 1 unspecified atom stereocenters. The predicted octanol–water partition coefficient (Wildman–Crippen LogP) is 3.00. The van der Waals surface area contributed by atoms with Crippen LogP contribution in [0.2, 0.25) is 0 Å². The first-order chi connectivity index (χ1) is 14.0. The summed E-state index contributed by atoms with van der Waals surface area (Å²) < 4.78 is 27.8. The van der Waals surface area contributed by atoms with E-state index < -0.39 is 10.4 Å². The number of nitrogens with zero attached hydrogens (tertiary/aromatic N) is 3. The van der Waals surface area contributed by atoms with Gasteiger partial charge in [-0.1, -0.05) is 27.7 Å². The second kappa shape index (κ2) is 8.50. The van der Waals surface area contributed by atoms with Gasteiger partial charge < -0.3 is 9.45 Å². The molecule has 0 bridgehead atoms. The second-order valence-corrected chi connectivity index (χ2v) is 9.71. The minimum atomic E-state index is -3.48. The molecule has 150 valence electrons. The number of rotatable bonds is 5. The Hall–Kier alpha value is -2.46. The molecule has 1 N–H and O–H groups in total. The van der Waals surface area contributed by atoms with Crippen LogP contribution in [-0.4, -0.2) is 44.5 Å². The summed E-state index contributed by atoms with van der Waals surface area (Å²) in [6, 6.07) is 10.5. The van der Waals surface area contributed by atoms with Crippen molar-refractivity contribution in [3.8, 4) is 11.1 Å². The van der Waals surface area contributed by atoms with Crippen LogP contribution < -0.4 is 4.72 Å². The maximum absolute atomic E-state index is 12.8. The molecular formula is C20H20N4O3S2. The summed E-state index contributed by atoms with van der Waals surface area (Å²) >= 11 is 1.20. The predicted molar refractivity (Wildman–Crippen MR) is 111 cm³/mol. The van der Waals surface area contributed by atoms with Crippen molar-refractivity contribution in [3.63, 3.8) is 0 Å². The number of aromatic nitrogens is 2. The average molecular weight is 429 g/mol. The normalized spacial score (nSPS) is 17.1. The number of piperidine rings is 1. The van der Waals surface area contributed by atoms with Crippen molar-refractivity contribution >= 4 is 27.6 Å². The largest absolute Gasteiger partial charge is 0.592 e. The third-order valence-electron chi connectivity index (χ3n) is 4.89. The Balaban J connectivity index is 1.35. The van der Waals surface area contributed by atoms with Crippen molar-refractivity contribution in [1.29, 1.82) is 0 Å². The standard InChI is InChI=1S/C20H20N4O3S2/c25-20(16-5-3-15(4-6-16)17-12-21-14-22-13-17)24-9-7-18(8-10-24)23-29(26,27)19-2-1-11-28-19/h1-6,11-14,18H,7-10H2,(H-,23,26,27). The first-order valence-corrected chi connectivity index (χ1v) is 11.6. The van der Waals surface area contributed by atoms with Gasteiger partial charge in [-0.2, -0.15) is 0 Å². The van der Waals surface area contributed by atoms with Gasteiger partial charge in [0.2, 0.25) is 4.21 Å². The average Bonchev–Trinajstić information content (AvgIpc) is 3.30. The van der Waals surface area contributed by atoms with Crippen molar-refractivity contribution in [1.82, 2.24) is 19.6 Å². The maximum atomic E-state index is 12.8. The van der Waals surface area contributed by atoms with Gasteiger partial charge in [-0.05, 0) is 42.0 Å². The molecule has 1 aliphatic rings. The van der Waals surface area contributed by atoms with Gasteiger partial charge in [0.25, 0.3) is 5.91 Å². The monoisotopic (exact) mass is 428 g/mol. The van der Waals surface area contributed by atoms with Gasteiger partial charge in [-0.25, -0.2) is 9.97 Å². The van der Waals surface area contributed by atoms with Crippen LogP contribution in [0.5, 0.6) is 0 Å². The Morgan fingerprint density at radius 1 is 1.10 bits per heavy atom. The zero-order valence-corrected chi connectivity index (χ0v) is 17.2. The number of carbonyl (C=O) groups is 1.